The van der Waals surface area contributed by atoms with Gasteiger partial charge in [0, 0.05) is 0 Å². The standard InChI is InChI=1S/C10H11FN2O/c1-6-4-7(11)2-3-8(6)9-5-13-10(12)14-9/h2-4,9H,5H2,1H3,(H2,12,13). The molecule has 0 spiro atoms. The van der Waals surface area contributed by atoms with Gasteiger partial charge in [0.05, 0.1) is 6.54 Å². The molecule has 74 valence electrons. The summed E-state index contributed by atoms with van der Waals surface area (Å²) < 4.78 is 18.1. The number of rotatable bonds is 1. The first kappa shape index (κ1) is 8.99. The summed E-state index contributed by atoms with van der Waals surface area (Å²) in [6, 6.07) is 4.82. The Balaban J connectivity index is 2.25. The van der Waals surface area contributed by atoms with E-state index in [4.69, 9.17) is 10.5 Å². The lowest BCUT2D eigenvalue weighted by Crippen LogP contribution is -2.13. The molecule has 0 aliphatic carbocycles. The quantitative estimate of drug-likeness (QED) is 0.736. The van der Waals surface area contributed by atoms with Crippen molar-refractivity contribution in [1.29, 1.82) is 0 Å². The van der Waals surface area contributed by atoms with Gasteiger partial charge in [-0.2, -0.15) is 0 Å². The predicted molar refractivity (Wildman–Crippen MR) is 51.5 cm³/mol. The number of benzene rings is 1. The van der Waals surface area contributed by atoms with Gasteiger partial charge < -0.3 is 10.5 Å². The molecule has 1 atom stereocenters. The smallest absolute Gasteiger partial charge is 0.282 e. The van der Waals surface area contributed by atoms with E-state index in [9.17, 15) is 4.39 Å². The Morgan fingerprint density at radius 3 is 2.93 bits per heavy atom. The van der Waals surface area contributed by atoms with Crippen molar-refractivity contribution < 1.29 is 9.13 Å². The van der Waals surface area contributed by atoms with Crippen LogP contribution in [0.5, 0.6) is 0 Å². The van der Waals surface area contributed by atoms with Crippen LogP contribution < -0.4 is 5.73 Å². The predicted octanol–water partition coefficient (Wildman–Crippen LogP) is 1.52. The van der Waals surface area contributed by atoms with Gasteiger partial charge in [0.1, 0.15) is 11.9 Å². The molecule has 0 amide bonds. The molecule has 1 aromatic carbocycles. The van der Waals surface area contributed by atoms with Gasteiger partial charge in [0.15, 0.2) is 0 Å². The van der Waals surface area contributed by atoms with Crippen LogP contribution in [0.1, 0.15) is 17.2 Å². The molecule has 1 unspecified atom stereocenters. The highest BCUT2D eigenvalue weighted by atomic mass is 19.1. The second-order valence-corrected chi connectivity index (χ2v) is 3.29. The Labute approximate surface area is 81.4 Å². The van der Waals surface area contributed by atoms with Crippen LogP contribution in [0.2, 0.25) is 0 Å². The van der Waals surface area contributed by atoms with Gasteiger partial charge in [-0.1, -0.05) is 6.07 Å². The lowest BCUT2D eigenvalue weighted by molar-refractivity contribution is 0.225. The lowest BCUT2D eigenvalue weighted by atomic mass is 10.0. The Kier molecular flexibility index (Phi) is 2.11. The number of aliphatic imine (C=N–C) groups is 1. The Hall–Kier alpha value is -1.58. The van der Waals surface area contributed by atoms with Crippen molar-refractivity contribution in [2.75, 3.05) is 6.54 Å². The minimum atomic E-state index is -0.238. The van der Waals surface area contributed by atoms with Gasteiger partial charge in [0.2, 0.25) is 0 Å². The zero-order chi connectivity index (χ0) is 10.1. The third-order valence-corrected chi connectivity index (χ3v) is 2.25. The summed E-state index contributed by atoms with van der Waals surface area (Å²) in [7, 11) is 0. The average molecular weight is 194 g/mol. The van der Waals surface area contributed by atoms with E-state index in [2.05, 4.69) is 4.99 Å². The van der Waals surface area contributed by atoms with E-state index in [1.807, 2.05) is 6.92 Å². The van der Waals surface area contributed by atoms with Gasteiger partial charge in [-0.25, -0.2) is 9.38 Å². The number of hydrogen-bond donors (Lipinski definition) is 1. The fourth-order valence-electron chi connectivity index (χ4n) is 1.56. The monoisotopic (exact) mass is 194 g/mol. The molecular weight excluding hydrogens is 183 g/mol. The van der Waals surface area contributed by atoms with Gasteiger partial charge in [-0.3, -0.25) is 0 Å². The molecule has 0 bridgehead atoms. The zero-order valence-electron chi connectivity index (χ0n) is 7.83. The molecule has 1 heterocycles. The van der Waals surface area contributed by atoms with Crippen LogP contribution in [0.25, 0.3) is 0 Å². The van der Waals surface area contributed by atoms with E-state index >= 15 is 0 Å². The first-order valence-corrected chi connectivity index (χ1v) is 4.39. The second kappa shape index (κ2) is 3.29. The maximum Gasteiger partial charge on any atom is 0.282 e. The Morgan fingerprint density at radius 1 is 1.57 bits per heavy atom. The minimum absolute atomic E-state index is 0.157. The highest BCUT2D eigenvalue weighted by Gasteiger charge is 2.21. The van der Waals surface area contributed by atoms with Crippen molar-refractivity contribution in [3.63, 3.8) is 0 Å². The van der Waals surface area contributed by atoms with Crippen LogP contribution in [-0.4, -0.2) is 12.6 Å². The Bertz CT molecular complexity index is 390. The van der Waals surface area contributed by atoms with Gasteiger partial charge in [0.25, 0.3) is 6.02 Å². The van der Waals surface area contributed by atoms with E-state index in [0.717, 1.165) is 11.1 Å². The number of nitrogens with zero attached hydrogens (tertiary/aromatic N) is 1. The maximum atomic E-state index is 12.8. The number of amidine groups is 1. The van der Waals surface area contributed by atoms with Crippen molar-refractivity contribution in [2.45, 2.75) is 13.0 Å². The molecule has 1 aromatic rings. The lowest BCUT2D eigenvalue weighted by Gasteiger charge is -2.12. The summed E-state index contributed by atoms with van der Waals surface area (Å²) in [5.74, 6) is -0.238. The van der Waals surface area contributed by atoms with Crippen LogP contribution in [-0.2, 0) is 4.74 Å². The van der Waals surface area contributed by atoms with Crippen LogP contribution in [0.4, 0.5) is 4.39 Å². The molecule has 4 heteroatoms. The van der Waals surface area contributed by atoms with Crippen LogP contribution in [0.15, 0.2) is 23.2 Å². The SMILES string of the molecule is Cc1cc(F)ccc1C1CN=C(N)O1. The van der Waals surface area contributed by atoms with Crippen molar-refractivity contribution >= 4 is 6.02 Å². The average Bonchev–Trinajstić information content (AvgIpc) is 2.51. The number of ether oxygens (including phenoxy) is 1. The molecule has 1 aliphatic rings. The number of aryl methyl sites for hydroxylation is 1. The largest absolute Gasteiger partial charge is 0.455 e. The molecule has 0 saturated carbocycles. The minimum Gasteiger partial charge on any atom is -0.455 e. The highest BCUT2D eigenvalue weighted by molar-refractivity contribution is 5.73. The van der Waals surface area contributed by atoms with Crippen molar-refractivity contribution in [1.82, 2.24) is 0 Å². The van der Waals surface area contributed by atoms with E-state index in [1.165, 1.54) is 12.1 Å². The summed E-state index contributed by atoms with van der Waals surface area (Å²) in [5.41, 5.74) is 7.20. The van der Waals surface area contributed by atoms with Crippen molar-refractivity contribution in [2.24, 2.45) is 10.7 Å². The molecule has 0 fully saturated rings. The molecular formula is C10H11FN2O. The van der Waals surface area contributed by atoms with Crippen LogP contribution in [0, 0.1) is 12.7 Å². The first-order valence-electron chi connectivity index (χ1n) is 4.39. The fraction of sp³-hybridized carbons (Fsp3) is 0.300. The molecule has 14 heavy (non-hydrogen) atoms. The first-order chi connectivity index (χ1) is 6.66. The van der Waals surface area contributed by atoms with E-state index < -0.39 is 0 Å². The summed E-state index contributed by atoms with van der Waals surface area (Å²) in [6.07, 6.45) is -0.157. The topological polar surface area (TPSA) is 47.6 Å². The molecule has 1 aliphatic heterocycles. The zero-order valence-corrected chi connectivity index (χ0v) is 7.83. The van der Waals surface area contributed by atoms with Gasteiger partial charge in [-0.15, -0.1) is 0 Å². The van der Waals surface area contributed by atoms with Crippen LogP contribution in [0.3, 0.4) is 0 Å². The number of halogens is 1. The number of nitrogens with two attached hydrogens (primary N) is 1. The second-order valence-electron chi connectivity index (χ2n) is 3.29. The third-order valence-electron chi connectivity index (χ3n) is 2.25. The molecule has 0 saturated heterocycles. The van der Waals surface area contributed by atoms with Gasteiger partial charge >= 0.3 is 0 Å². The fourth-order valence-corrected chi connectivity index (χ4v) is 1.56. The van der Waals surface area contributed by atoms with Gasteiger partial charge in [-0.05, 0) is 30.2 Å². The van der Waals surface area contributed by atoms with Crippen molar-refractivity contribution in [3.8, 4) is 0 Å². The molecule has 3 nitrogen and oxygen atoms in total. The molecule has 0 radical (unpaired) electrons. The highest BCUT2D eigenvalue weighted by Crippen LogP contribution is 2.25. The third kappa shape index (κ3) is 1.55. The summed E-state index contributed by atoms with van der Waals surface area (Å²) in [5, 5.41) is 0. The summed E-state index contributed by atoms with van der Waals surface area (Å²) >= 11 is 0. The summed E-state index contributed by atoms with van der Waals surface area (Å²) in [6.45, 7) is 2.36. The Morgan fingerprint density at radius 2 is 2.36 bits per heavy atom. The van der Waals surface area contributed by atoms with Crippen LogP contribution >= 0.6 is 0 Å². The summed E-state index contributed by atoms with van der Waals surface area (Å²) in [4.78, 5) is 3.94. The number of hydrogen-bond acceptors (Lipinski definition) is 3. The normalized spacial score (nSPS) is 20.4. The van der Waals surface area contributed by atoms with E-state index in [-0.39, 0.29) is 17.9 Å². The van der Waals surface area contributed by atoms with E-state index in [1.54, 1.807) is 6.07 Å². The van der Waals surface area contributed by atoms with Crippen molar-refractivity contribution in [3.05, 3.63) is 35.1 Å². The maximum absolute atomic E-state index is 12.8. The molecule has 2 rings (SSSR count). The molecule has 2 N–H and O–H groups in total. The van der Waals surface area contributed by atoms with E-state index in [0.29, 0.717) is 6.54 Å². The molecule has 0 aromatic heterocycles.